The average molecular weight is 711 g/mol. The summed E-state index contributed by atoms with van der Waals surface area (Å²) in [6.45, 7) is 4.68. The van der Waals surface area contributed by atoms with Gasteiger partial charge in [0.2, 0.25) is 5.89 Å². The van der Waals surface area contributed by atoms with Crippen molar-refractivity contribution in [2.24, 2.45) is 0 Å². The van der Waals surface area contributed by atoms with Crippen LogP contribution in [0.25, 0.3) is 75.8 Å². The molecular formula is C50H34N2OS. The van der Waals surface area contributed by atoms with E-state index in [9.17, 15) is 0 Å². The Morgan fingerprint density at radius 3 is 2.07 bits per heavy atom. The van der Waals surface area contributed by atoms with Gasteiger partial charge in [-0.15, -0.1) is 11.3 Å². The van der Waals surface area contributed by atoms with Crippen LogP contribution in [0.15, 0.2) is 174 Å². The van der Waals surface area contributed by atoms with Crippen LogP contribution in [0.3, 0.4) is 0 Å². The number of rotatable bonds is 5. The Hall–Kier alpha value is -6.49. The SMILES string of the molecule is CC1(C)c2ccccc2-c2cc(N(c3ccc(-c4ccc5ccc6nc(-c7ccccc7)oc6c5c4)cc3)c3ccc4c(c3)sc3ccccc34)ccc21. The number of thiophene rings is 1. The van der Waals surface area contributed by atoms with E-state index in [-0.39, 0.29) is 5.41 Å². The third-order valence-electron chi connectivity index (χ3n) is 11.3. The molecule has 11 rings (SSSR count). The van der Waals surface area contributed by atoms with Gasteiger partial charge in [0.15, 0.2) is 5.58 Å². The first-order valence-corrected chi connectivity index (χ1v) is 19.3. The molecule has 0 radical (unpaired) electrons. The van der Waals surface area contributed by atoms with Gasteiger partial charge < -0.3 is 9.32 Å². The molecule has 0 saturated carbocycles. The molecule has 10 aromatic rings. The fraction of sp³-hybridized carbons (Fsp3) is 0.0600. The van der Waals surface area contributed by atoms with E-state index < -0.39 is 0 Å². The van der Waals surface area contributed by atoms with Crippen molar-refractivity contribution < 1.29 is 4.42 Å². The van der Waals surface area contributed by atoms with E-state index in [1.807, 2.05) is 47.7 Å². The normalized spacial score (nSPS) is 13.1. The summed E-state index contributed by atoms with van der Waals surface area (Å²) >= 11 is 1.86. The lowest BCUT2D eigenvalue weighted by Gasteiger charge is -2.27. The summed E-state index contributed by atoms with van der Waals surface area (Å²) in [5, 5.41) is 4.80. The quantitative estimate of drug-likeness (QED) is 0.178. The van der Waals surface area contributed by atoms with Gasteiger partial charge in [-0.3, -0.25) is 0 Å². The van der Waals surface area contributed by atoms with E-state index in [0.29, 0.717) is 5.89 Å². The maximum absolute atomic E-state index is 6.41. The van der Waals surface area contributed by atoms with Crippen LogP contribution in [0.2, 0.25) is 0 Å². The van der Waals surface area contributed by atoms with Crippen molar-refractivity contribution in [2.75, 3.05) is 4.90 Å². The van der Waals surface area contributed by atoms with Crippen LogP contribution in [0.1, 0.15) is 25.0 Å². The van der Waals surface area contributed by atoms with Gasteiger partial charge in [0, 0.05) is 53.6 Å². The van der Waals surface area contributed by atoms with E-state index in [4.69, 9.17) is 9.40 Å². The third-order valence-corrected chi connectivity index (χ3v) is 12.4. The molecule has 0 aliphatic heterocycles. The van der Waals surface area contributed by atoms with Crippen molar-refractivity contribution in [2.45, 2.75) is 19.3 Å². The minimum atomic E-state index is -0.0484. The molecule has 0 saturated heterocycles. The summed E-state index contributed by atoms with van der Waals surface area (Å²) in [6.07, 6.45) is 0. The van der Waals surface area contributed by atoms with E-state index in [0.717, 1.165) is 55.6 Å². The van der Waals surface area contributed by atoms with Crippen LogP contribution >= 0.6 is 11.3 Å². The molecule has 0 bridgehead atoms. The van der Waals surface area contributed by atoms with Gasteiger partial charge in [-0.1, -0.05) is 117 Å². The molecule has 0 unspecified atom stereocenters. The minimum Gasteiger partial charge on any atom is -0.435 e. The lowest BCUT2D eigenvalue weighted by Crippen LogP contribution is -2.15. The number of nitrogens with zero attached hydrogens (tertiary/aromatic N) is 2. The van der Waals surface area contributed by atoms with E-state index in [2.05, 4.69) is 152 Å². The molecule has 2 aromatic heterocycles. The summed E-state index contributed by atoms with van der Waals surface area (Å²) in [4.78, 5) is 7.23. The number of anilines is 3. The Balaban J connectivity index is 1.03. The molecule has 54 heavy (non-hydrogen) atoms. The smallest absolute Gasteiger partial charge is 0.227 e. The number of aromatic nitrogens is 1. The lowest BCUT2D eigenvalue weighted by molar-refractivity contribution is 0.623. The molecule has 0 amide bonds. The number of oxazole rings is 1. The molecule has 1 aliphatic rings. The van der Waals surface area contributed by atoms with E-state index in [1.165, 1.54) is 42.4 Å². The highest BCUT2D eigenvalue weighted by Gasteiger charge is 2.35. The Kier molecular flexibility index (Phi) is 6.77. The Morgan fingerprint density at radius 1 is 0.500 bits per heavy atom. The second-order valence-electron chi connectivity index (χ2n) is 14.8. The number of fused-ring (bicyclic) bond motifs is 9. The fourth-order valence-electron chi connectivity index (χ4n) is 8.54. The molecule has 0 fully saturated rings. The molecule has 1 aliphatic carbocycles. The van der Waals surface area contributed by atoms with Crippen molar-refractivity contribution in [1.29, 1.82) is 0 Å². The van der Waals surface area contributed by atoms with Crippen molar-refractivity contribution in [3.05, 3.63) is 181 Å². The van der Waals surface area contributed by atoms with Crippen molar-refractivity contribution in [1.82, 2.24) is 4.98 Å². The van der Waals surface area contributed by atoms with E-state index >= 15 is 0 Å². The first-order chi connectivity index (χ1) is 26.5. The summed E-state index contributed by atoms with van der Waals surface area (Å²) in [5.41, 5.74) is 13.6. The number of benzene rings is 8. The lowest BCUT2D eigenvalue weighted by atomic mass is 9.82. The van der Waals surface area contributed by atoms with Crippen LogP contribution in [-0.4, -0.2) is 4.98 Å². The summed E-state index contributed by atoms with van der Waals surface area (Å²) in [5.74, 6) is 0.639. The zero-order valence-electron chi connectivity index (χ0n) is 29.9. The number of hydrogen-bond acceptors (Lipinski definition) is 4. The van der Waals surface area contributed by atoms with Crippen LogP contribution < -0.4 is 4.90 Å². The van der Waals surface area contributed by atoms with Crippen LogP contribution in [0.4, 0.5) is 17.1 Å². The Bertz CT molecular complexity index is 3080. The minimum absolute atomic E-state index is 0.0484. The number of hydrogen-bond donors (Lipinski definition) is 0. The average Bonchev–Trinajstić information content (AvgIpc) is 3.89. The fourth-order valence-corrected chi connectivity index (χ4v) is 9.68. The molecule has 256 valence electrons. The molecule has 8 aromatic carbocycles. The van der Waals surface area contributed by atoms with Gasteiger partial charge in [0.05, 0.1) is 0 Å². The zero-order valence-corrected chi connectivity index (χ0v) is 30.7. The monoisotopic (exact) mass is 710 g/mol. The third kappa shape index (κ3) is 4.77. The van der Waals surface area contributed by atoms with Crippen molar-refractivity contribution in [3.63, 3.8) is 0 Å². The molecule has 3 nitrogen and oxygen atoms in total. The first kappa shape index (κ1) is 31.1. The van der Waals surface area contributed by atoms with Gasteiger partial charge in [-0.25, -0.2) is 4.98 Å². The van der Waals surface area contributed by atoms with Crippen molar-refractivity contribution in [3.8, 4) is 33.7 Å². The van der Waals surface area contributed by atoms with Crippen LogP contribution in [0, 0.1) is 0 Å². The van der Waals surface area contributed by atoms with Gasteiger partial charge in [-0.05, 0) is 105 Å². The summed E-state index contributed by atoms with van der Waals surface area (Å²) in [6, 6.07) is 61.4. The molecular weight excluding hydrogens is 677 g/mol. The summed E-state index contributed by atoms with van der Waals surface area (Å²) < 4.78 is 9.00. The molecule has 0 atom stereocenters. The molecule has 0 N–H and O–H groups in total. The van der Waals surface area contributed by atoms with E-state index in [1.54, 1.807) is 0 Å². The van der Waals surface area contributed by atoms with Gasteiger partial charge in [-0.2, -0.15) is 0 Å². The Morgan fingerprint density at radius 2 is 1.19 bits per heavy atom. The molecule has 0 spiro atoms. The topological polar surface area (TPSA) is 29.3 Å². The van der Waals surface area contributed by atoms with Gasteiger partial charge in [0.1, 0.15) is 5.52 Å². The maximum Gasteiger partial charge on any atom is 0.227 e. The van der Waals surface area contributed by atoms with Gasteiger partial charge in [0.25, 0.3) is 0 Å². The highest BCUT2D eigenvalue weighted by Crippen LogP contribution is 2.51. The second kappa shape index (κ2) is 11.8. The standard InChI is InChI=1S/C50H34N2OS/c1-50(2)43-14-8-6-12-38(43)42-29-36(24-26-44(42)50)52(37-23-25-40-39-13-7-9-15-46(39)54-47(40)30-37)35-21-18-31(19-22-35)34-17-16-32-20-27-45-48(41(32)28-34)53-49(51-45)33-10-4-3-5-11-33/h3-30H,1-2H3. The second-order valence-corrected chi connectivity index (χ2v) is 15.9. The zero-order chi connectivity index (χ0) is 36.0. The summed E-state index contributed by atoms with van der Waals surface area (Å²) in [7, 11) is 0. The predicted molar refractivity (Wildman–Crippen MR) is 228 cm³/mol. The van der Waals surface area contributed by atoms with Crippen molar-refractivity contribution >= 4 is 70.4 Å². The van der Waals surface area contributed by atoms with Crippen LogP contribution in [-0.2, 0) is 5.41 Å². The largest absolute Gasteiger partial charge is 0.435 e. The molecule has 2 heterocycles. The van der Waals surface area contributed by atoms with Crippen LogP contribution in [0.5, 0.6) is 0 Å². The highest BCUT2D eigenvalue weighted by atomic mass is 32.1. The Labute approximate surface area is 317 Å². The highest BCUT2D eigenvalue weighted by molar-refractivity contribution is 7.25. The van der Waals surface area contributed by atoms with Gasteiger partial charge >= 0.3 is 0 Å². The predicted octanol–water partition coefficient (Wildman–Crippen LogP) is 14.5. The maximum atomic E-state index is 6.41. The molecule has 4 heteroatoms. The first-order valence-electron chi connectivity index (χ1n) is 18.4.